The van der Waals surface area contributed by atoms with Crippen LogP contribution in [0, 0.1) is 0 Å². The molecule has 0 fully saturated rings. The number of hydrogen-bond donors (Lipinski definition) is 1. The second-order valence-electron chi connectivity index (χ2n) is 3.92. The SMILES string of the molecule is CCC(CC)(CN)N(C)CCC(F)(F)F. The van der Waals surface area contributed by atoms with E-state index in [1.54, 1.807) is 11.9 Å². The van der Waals surface area contributed by atoms with Crippen LogP contribution in [0.1, 0.15) is 33.1 Å². The topological polar surface area (TPSA) is 29.3 Å². The smallest absolute Gasteiger partial charge is 0.329 e. The Morgan fingerprint density at radius 2 is 1.60 bits per heavy atom. The number of rotatable bonds is 6. The first-order valence-corrected chi connectivity index (χ1v) is 5.29. The Bertz CT molecular complexity index is 168. The third kappa shape index (κ3) is 4.38. The minimum absolute atomic E-state index is 0.0162. The minimum Gasteiger partial charge on any atom is -0.329 e. The molecule has 0 bridgehead atoms. The molecule has 0 aliphatic rings. The van der Waals surface area contributed by atoms with Gasteiger partial charge in [-0.15, -0.1) is 0 Å². The van der Waals surface area contributed by atoms with Crippen molar-refractivity contribution < 1.29 is 13.2 Å². The van der Waals surface area contributed by atoms with Crippen LogP contribution in [0.4, 0.5) is 13.2 Å². The molecule has 0 spiro atoms. The first kappa shape index (κ1) is 14.7. The van der Waals surface area contributed by atoms with Crippen LogP contribution in [-0.2, 0) is 0 Å². The largest absolute Gasteiger partial charge is 0.390 e. The molecule has 0 unspecified atom stereocenters. The number of alkyl halides is 3. The summed E-state index contributed by atoms with van der Waals surface area (Å²) in [5.41, 5.74) is 5.36. The van der Waals surface area contributed by atoms with E-state index in [-0.39, 0.29) is 12.1 Å². The van der Waals surface area contributed by atoms with Crippen LogP contribution in [0.5, 0.6) is 0 Å². The first-order valence-electron chi connectivity index (χ1n) is 5.29. The molecule has 5 heteroatoms. The second-order valence-corrected chi connectivity index (χ2v) is 3.92. The second kappa shape index (κ2) is 5.70. The van der Waals surface area contributed by atoms with Gasteiger partial charge < -0.3 is 5.73 Å². The van der Waals surface area contributed by atoms with Gasteiger partial charge in [-0.3, -0.25) is 4.90 Å². The molecule has 15 heavy (non-hydrogen) atoms. The maximum absolute atomic E-state index is 12.1. The van der Waals surface area contributed by atoms with Crippen LogP contribution in [0.15, 0.2) is 0 Å². The number of nitrogens with two attached hydrogens (primary N) is 1. The highest BCUT2D eigenvalue weighted by molar-refractivity contribution is 4.87. The molecule has 2 N–H and O–H groups in total. The van der Waals surface area contributed by atoms with E-state index in [1.807, 2.05) is 13.8 Å². The van der Waals surface area contributed by atoms with E-state index in [0.29, 0.717) is 6.54 Å². The van der Waals surface area contributed by atoms with Gasteiger partial charge in [0.25, 0.3) is 0 Å². The summed E-state index contributed by atoms with van der Waals surface area (Å²) in [6, 6.07) is 0. The highest BCUT2D eigenvalue weighted by atomic mass is 19.4. The molecule has 0 heterocycles. The third-order valence-corrected chi connectivity index (χ3v) is 3.24. The van der Waals surface area contributed by atoms with Crippen molar-refractivity contribution in [2.75, 3.05) is 20.1 Å². The van der Waals surface area contributed by atoms with Gasteiger partial charge >= 0.3 is 6.18 Å². The van der Waals surface area contributed by atoms with Gasteiger partial charge in [-0.25, -0.2) is 0 Å². The molecule has 0 rings (SSSR count). The van der Waals surface area contributed by atoms with Crippen LogP contribution < -0.4 is 5.73 Å². The molecule has 0 saturated heterocycles. The lowest BCUT2D eigenvalue weighted by molar-refractivity contribution is -0.140. The molecule has 0 aliphatic heterocycles. The van der Waals surface area contributed by atoms with Gasteiger partial charge in [-0.2, -0.15) is 13.2 Å². The number of halogens is 3. The third-order valence-electron chi connectivity index (χ3n) is 3.24. The normalized spacial score (nSPS) is 13.6. The first-order chi connectivity index (χ1) is 6.81. The van der Waals surface area contributed by atoms with Crippen molar-refractivity contribution in [1.29, 1.82) is 0 Å². The summed E-state index contributed by atoms with van der Waals surface area (Å²) < 4.78 is 36.2. The lowest BCUT2D eigenvalue weighted by atomic mass is 9.91. The fourth-order valence-corrected chi connectivity index (χ4v) is 1.77. The molecule has 92 valence electrons. The van der Waals surface area contributed by atoms with E-state index in [1.165, 1.54) is 0 Å². The molecule has 0 atom stereocenters. The van der Waals surface area contributed by atoms with Crippen LogP contribution >= 0.6 is 0 Å². The molecular weight excluding hydrogens is 205 g/mol. The van der Waals surface area contributed by atoms with Gasteiger partial charge in [-0.1, -0.05) is 13.8 Å². The Labute approximate surface area is 89.6 Å². The van der Waals surface area contributed by atoms with Gasteiger partial charge in [0.05, 0.1) is 6.42 Å². The zero-order valence-corrected chi connectivity index (χ0v) is 9.69. The zero-order valence-electron chi connectivity index (χ0n) is 9.69. The molecule has 2 nitrogen and oxygen atoms in total. The summed E-state index contributed by atoms with van der Waals surface area (Å²) in [7, 11) is 1.71. The Balaban J connectivity index is 4.33. The van der Waals surface area contributed by atoms with Gasteiger partial charge in [0, 0.05) is 18.6 Å². The fourth-order valence-electron chi connectivity index (χ4n) is 1.77. The van der Waals surface area contributed by atoms with Crippen LogP contribution in [0.25, 0.3) is 0 Å². The maximum Gasteiger partial charge on any atom is 0.390 e. The Morgan fingerprint density at radius 3 is 1.87 bits per heavy atom. The highest BCUT2D eigenvalue weighted by Crippen LogP contribution is 2.25. The van der Waals surface area contributed by atoms with Gasteiger partial charge in [0.1, 0.15) is 0 Å². The van der Waals surface area contributed by atoms with E-state index in [4.69, 9.17) is 5.73 Å². The number of likely N-dealkylation sites (N-methyl/N-ethyl adjacent to an activating group) is 1. The summed E-state index contributed by atoms with van der Waals surface area (Å²) >= 11 is 0. The summed E-state index contributed by atoms with van der Waals surface area (Å²) in [6.07, 6.45) is -3.32. The van der Waals surface area contributed by atoms with E-state index >= 15 is 0 Å². The van der Waals surface area contributed by atoms with Crippen molar-refractivity contribution in [3.8, 4) is 0 Å². The van der Waals surface area contributed by atoms with Gasteiger partial charge in [0.15, 0.2) is 0 Å². The van der Waals surface area contributed by atoms with Gasteiger partial charge in [0.2, 0.25) is 0 Å². The van der Waals surface area contributed by atoms with Crippen molar-refractivity contribution >= 4 is 0 Å². The average molecular weight is 226 g/mol. The van der Waals surface area contributed by atoms with E-state index in [9.17, 15) is 13.2 Å². The Morgan fingerprint density at radius 1 is 1.13 bits per heavy atom. The fraction of sp³-hybridized carbons (Fsp3) is 1.00. The molecule has 0 radical (unpaired) electrons. The summed E-state index contributed by atoms with van der Waals surface area (Å²) in [6.45, 7) is 4.33. The molecule has 0 saturated carbocycles. The molecule has 0 aliphatic carbocycles. The molecule has 0 aromatic rings. The number of hydrogen-bond acceptors (Lipinski definition) is 2. The monoisotopic (exact) mass is 226 g/mol. The van der Waals surface area contributed by atoms with E-state index in [0.717, 1.165) is 12.8 Å². The molecule has 0 aromatic heterocycles. The van der Waals surface area contributed by atoms with Crippen LogP contribution in [0.2, 0.25) is 0 Å². The zero-order chi connectivity index (χ0) is 12.1. The van der Waals surface area contributed by atoms with Gasteiger partial charge in [-0.05, 0) is 19.9 Å². The van der Waals surface area contributed by atoms with Crippen molar-refractivity contribution in [3.05, 3.63) is 0 Å². The quantitative estimate of drug-likeness (QED) is 0.753. The summed E-state index contributed by atoms with van der Waals surface area (Å²) in [5, 5.41) is 0. The van der Waals surface area contributed by atoms with E-state index in [2.05, 4.69) is 0 Å². The minimum atomic E-state index is -4.09. The maximum atomic E-state index is 12.1. The van der Waals surface area contributed by atoms with Crippen LogP contribution in [-0.4, -0.2) is 36.8 Å². The predicted molar refractivity (Wildman–Crippen MR) is 55.7 cm³/mol. The number of nitrogens with zero attached hydrogens (tertiary/aromatic N) is 1. The van der Waals surface area contributed by atoms with Crippen molar-refractivity contribution in [3.63, 3.8) is 0 Å². The average Bonchev–Trinajstić information content (AvgIpc) is 2.17. The lowest BCUT2D eigenvalue weighted by Gasteiger charge is -2.40. The lowest BCUT2D eigenvalue weighted by Crippen LogP contribution is -2.52. The summed E-state index contributed by atoms with van der Waals surface area (Å²) in [4.78, 5) is 1.74. The standard InChI is InChI=1S/C10H21F3N2/c1-4-9(5-2,8-14)15(3)7-6-10(11,12)13/h4-8,14H2,1-3H3. The highest BCUT2D eigenvalue weighted by Gasteiger charge is 2.33. The summed E-state index contributed by atoms with van der Waals surface area (Å²) in [5.74, 6) is 0. The molecular formula is C10H21F3N2. The van der Waals surface area contributed by atoms with E-state index < -0.39 is 12.6 Å². The Hall–Kier alpha value is -0.290. The predicted octanol–water partition coefficient (Wildman–Crippen LogP) is 2.39. The Kier molecular flexibility index (Phi) is 5.59. The molecule has 0 aromatic carbocycles. The van der Waals surface area contributed by atoms with Crippen molar-refractivity contribution in [2.45, 2.75) is 44.8 Å². The molecule has 0 amide bonds. The van der Waals surface area contributed by atoms with Crippen molar-refractivity contribution in [2.24, 2.45) is 5.73 Å². The van der Waals surface area contributed by atoms with Crippen LogP contribution in [0.3, 0.4) is 0 Å². The van der Waals surface area contributed by atoms with Crippen molar-refractivity contribution in [1.82, 2.24) is 4.90 Å².